The van der Waals surface area contributed by atoms with E-state index in [1.807, 2.05) is 26.0 Å². The predicted molar refractivity (Wildman–Crippen MR) is 127 cm³/mol. The van der Waals surface area contributed by atoms with E-state index in [9.17, 15) is 13.5 Å². The van der Waals surface area contributed by atoms with Crippen molar-refractivity contribution in [2.45, 2.75) is 50.8 Å². The van der Waals surface area contributed by atoms with Crippen molar-refractivity contribution < 1.29 is 23.0 Å². The Balaban J connectivity index is 1.86. The molecule has 1 aliphatic heterocycles. The highest BCUT2D eigenvalue weighted by Crippen LogP contribution is 2.35. The van der Waals surface area contributed by atoms with Gasteiger partial charge in [-0.3, -0.25) is 4.72 Å². The maximum absolute atomic E-state index is 13.1. The van der Waals surface area contributed by atoms with Gasteiger partial charge in [0.2, 0.25) is 0 Å². The summed E-state index contributed by atoms with van der Waals surface area (Å²) in [5.74, 6) is 0.950. The Morgan fingerprint density at radius 1 is 1.12 bits per heavy atom. The zero-order valence-electron chi connectivity index (χ0n) is 19.2. The molecule has 0 saturated carbocycles. The fraction of sp³-hybridized carbons (Fsp3) is 0.520. The molecule has 1 saturated heterocycles. The second-order valence-corrected chi connectivity index (χ2v) is 10.4. The van der Waals surface area contributed by atoms with Crippen LogP contribution in [0.4, 0.5) is 5.69 Å². The minimum Gasteiger partial charge on any atom is -0.493 e. The molecule has 2 N–H and O–H groups in total. The third kappa shape index (κ3) is 6.24. The first kappa shape index (κ1) is 24.6. The first-order valence-electron chi connectivity index (χ1n) is 11.4. The molecule has 3 rings (SSSR count). The number of aliphatic hydroxyl groups is 1. The summed E-state index contributed by atoms with van der Waals surface area (Å²) in [5, 5.41) is 10.0. The van der Waals surface area contributed by atoms with Crippen LogP contribution in [0.1, 0.15) is 50.7 Å². The molecule has 32 heavy (non-hydrogen) atoms. The van der Waals surface area contributed by atoms with Crippen molar-refractivity contribution in [1.82, 2.24) is 0 Å². The number of aryl methyl sites for hydroxylation is 1. The third-order valence-corrected chi connectivity index (χ3v) is 7.50. The van der Waals surface area contributed by atoms with Crippen LogP contribution in [0.3, 0.4) is 0 Å². The minimum atomic E-state index is -3.78. The van der Waals surface area contributed by atoms with E-state index >= 15 is 0 Å². The molecule has 0 aliphatic carbocycles. The van der Waals surface area contributed by atoms with Crippen molar-refractivity contribution in [1.29, 1.82) is 0 Å². The Bertz CT molecular complexity index is 966. The molecule has 0 spiro atoms. The zero-order valence-corrected chi connectivity index (χ0v) is 20.0. The molecule has 1 heterocycles. The molecule has 0 amide bonds. The average molecular weight is 462 g/mol. The van der Waals surface area contributed by atoms with Gasteiger partial charge in [0.05, 0.1) is 18.1 Å². The standard InChI is InChI=1S/C25H35NO5S/c1-4-19-5-7-21(8-6-19)26-32(28,29)22-9-10-25(23(15-22)24(16-27)18(2)3)31-17-20-11-13-30-14-12-20/h5-10,15,18,20,24,26-27H,4,11-14,16-17H2,1-3H3. The quantitative estimate of drug-likeness (QED) is 0.541. The Hall–Kier alpha value is -2.09. The van der Waals surface area contributed by atoms with Gasteiger partial charge in [-0.25, -0.2) is 8.42 Å². The van der Waals surface area contributed by atoms with Gasteiger partial charge in [-0.2, -0.15) is 0 Å². The molecule has 0 radical (unpaired) electrons. The maximum Gasteiger partial charge on any atom is 0.261 e. The molecule has 176 valence electrons. The van der Waals surface area contributed by atoms with E-state index in [0.717, 1.165) is 43.6 Å². The van der Waals surface area contributed by atoms with Gasteiger partial charge in [0.1, 0.15) is 5.75 Å². The van der Waals surface area contributed by atoms with Crippen molar-refractivity contribution in [2.75, 3.05) is 31.1 Å². The monoisotopic (exact) mass is 461 g/mol. The Morgan fingerprint density at radius 3 is 2.41 bits per heavy atom. The van der Waals surface area contributed by atoms with Crippen molar-refractivity contribution in [2.24, 2.45) is 11.8 Å². The highest BCUT2D eigenvalue weighted by Gasteiger charge is 2.24. The van der Waals surface area contributed by atoms with E-state index in [-0.39, 0.29) is 23.3 Å². The van der Waals surface area contributed by atoms with Crippen LogP contribution < -0.4 is 9.46 Å². The largest absolute Gasteiger partial charge is 0.493 e. The summed E-state index contributed by atoms with van der Waals surface area (Å²) in [7, 11) is -3.78. The summed E-state index contributed by atoms with van der Waals surface area (Å²) in [6, 6.07) is 12.3. The summed E-state index contributed by atoms with van der Waals surface area (Å²) < 4.78 is 40.4. The number of ether oxygens (including phenoxy) is 2. The molecule has 7 heteroatoms. The lowest BCUT2D eigenvalue weighted by molar-refractivity contribution is 0.0494. The van der Waals surface area contributed by atoms with Crippen LogP contribution in [-0.4, -0.2) is 40.0 Å². The lowest BCUT2D eigenvalue weighted by Crippen LogP contribution is -2.22. The molecule has 0 aromatic heterocycles. The van der Waals surface area contributed by atoms with E-state index in [1.165, 1.54) is 0 Å². The topological polar surface area (TPSA) is 84.9 Å². The maximum atomic E-state index is 13.1. The molecule has 2 aromatic rings. The van der Waals surface area contributed by atoms with Crippen LogP contribution >= 0.6 is 0 Å². The number of aliphatic hydroxyl groups excluding tert-OH is 1. The fourth-order valence-electron chi connectivity index (χ4n) is 3.93. The number of anilines is 1. The Morgan fingerprint density at radius 2 is 1.81 bits per heavy atom. The second kappa shape index (κ2) is 11.2. The summed E-state index contributed by atoms with van der Waals surface area (Å²) in [5.41, 5.74) is 2.38. The number of sulfonamides is 1. The summed E-state index contributed by atoms with van der Waals surface area (Å²) in [6.07, 6.45) is 2.80. The van der Waals surface area contributed by atoms with Gasteiger partial charge in [-0.05, 0) is 67.0 Å². The molecule has 2 aromatic carbocycles. The number of hydrogen-bond acceptors (Lipinski definition) is 5. The normalized spacial score (nSPS) is 16.2. The third-order valence-electron chi connectivity index (χ3n) is 6.12. The van der Waals surface area contributed by atoms with Crippen LogP contribution in [0.2, 0.25) is 0 Å². The van der Waals surface area contributed by atoms with Crippen LogP contribution in [-0.2, 0) is 21.2 Å². The summed E-state index contributed by atoms with van der Waals surface area (Å²) >= 11 is 0. The molecule has 1 atom stereocenters. The van der Waals surface area contributed by atoms with Gasteiger partial charge < -0.3 is 14.6 Å². The zero-order chi connectivity index (χ0) is 23.1. The fourth-order valence-corrected chi connectivity index (χ4v) is 5.02. The van der Waals surface area contributed by atoms with Crippen LogP contribution in [0.15, 0.2) is 47.4 Å². The number of rotatable bonds is 10. The molecule has 0 bridgehead atoms. The van der Waals surface area contributed by atoms with Gasteiger partial charge in [0.15, 0.2) is 0 Å². The first-order chi connectivity index (χ1) is 15.3. The Kier molecular flexibility index (Phi) is 8.57. The van der Waals surface area contributed by atoms with E-state index in [1.54, 1.807) is 30.3 Å². The lowest BCUT2D eigenvalue weighted by Gasteiger charge is -2.26. The SMILES string of the molecule is CCc1ccc(NS(=O)(=O)c2ccc(OCC3CCOCC3)c(C(CO)C(C)C)c2)cc1. The second-order valence-electron chi connectivity index (χ2n) is 8.76. The summed E-state index contributed by atoms with van der Waals surface area (Å²) in [4.78, 5) is 0.157. The number of hydrogen-bond donors (Lipinski definition) is 2. The molecular formula is C25H35NO5S. The van der Waals surface area contributed by atoms with Crippen LogP contribution in [0.5, 0.6) is 5.75 Å². The minimum absolute atomic E-state index is 0.0826. The molecule has 1 fully saturated rings. The van der Waals surface area contributed by atoms with Crippen molar-refractivity contribution in [3.05, 3.63) is 53.6 Å². The smallest absolute Gasteiger partial charge is 0.261 e. The number of benzene rings is 2. The molecule has 1 aliphatic rings. The van der Waals surface area contributed by atoms with Crippen molar-refractivity contribution >= 4 is 15.7 Å². The highest BCUT2D eigenvalue weighted by atomic mass is 32.2. The van der Waals surface area contributed by atoms with Gasteiger partial charge in [0, 0.05) is 30.4 Å². The van der Waals surface area contributed by atoms with Gasteiger partial charge in [-0.15, -0.1) is 0 Å². The highest BCUT2D eigenvalue weighted by molar-refractivity contribution is 7.92. The number of nitrogens with one attached hydrogen (secondary N) is 1. The van der Waals surface area contributed by atoms with Gasteiger partial charge >= 0.3 is 0 Å². The van der Waals surface area contributed by atoms with Gasteiger partial charge in [0.25, 0.3) is 10.0 Å². The van der Waals surface area contributed by atoms with E-state index in [2.05, 4.69) is 11.6 Å². The molecular weight excluding hydrogens is 426 g/mol. The van der Waals surface area contributed by atoms with Crippen LogP contribution in [0, 0.1) is 11.8 Å². The molecule has 6 nitrogen and oxygen atoms in total. The first-order valence-corrected chi connectivity index (χ1v) is 12.9. The van der Waals surface area contributed by atoms with E-state index in [4.69, 9.17) is 9.47 Å². The van der Waals surface area contributed by atoms with Gasteiger partial charge in [-0.1, -0.05) is 32.9 Å². The lowest BCUT2D eigenvalue weighted by atomic mass is 9.88. The molecule has 1 unspecified atom stereocenters. The van der Waals surface area contributed by atoms with Crippen LogP contribution in [0.25, 0.3) is 0 Å². The average Bonchev–Trinajstić information content (AvgIpc) is 2.79. The Labute approximate surface area is 192 Å². The van der Waals surface area contributed by atoms with Crippen molar-refractivity contribution in [3.63, 3.8) is 0 Å². The van der Waals surface area contributed by atoms with E-state index < -0.39 is 10.0 Å². The van der Waals surface area contributed by atoms with E-state index in [0.29, 0.717) is 24.0 Å². The summed E-state index contributed by atoms with van der Waals surface area (Å²) in [6.45, 7) is 8.04. The van der Waals surface area contributed by atoms with Crippen molar-refractivity contribution in [3.8, 4) is 5.75 Å². The predicted octanol–water partition coefficient (Wildman–Crippen LogP) is 4.59.